The Morgan fingerprint density at radius 3 is 2.29 bits per heavy atom. The molecule has 34 heavy (non-hydrogen) atoms. The predicted octanol–water partition coefficient (Wildman–Crippen LogP) is 0.701. The van der Waals surface area contributed by atoms with Crippen LogP contribution in [0, 0.1) is 23.7 Å². The van der Waals surface area contributed by atoms with Gasteiger partial charge >= 0.3 is 5.97 Å². The van der Waals surface area contributed by atoms with E-state index in [1.165, 1.54) is 14.0 Å². The van der Waals surface area contributed by atoms with Gasteiger partial charge in [-0.2, -0.15) is 0 Å². The van der Waals surface area contributed by atoms with Gasteiger partial charge < -0.3 is 35.0 Å². The second-order valence-electron chi connectivity index (χ2n) is 10.1. The van der Waals surface area contributed by atoms with Crippen LogP contribution in [0.5, 0.6) is 11.5 Å². The molecule has 184 valence electrons. The zero-order valence-electron chi connectivity index (χ0n) is 19.0. The van der Waals surface area contributed by atoms with Gasteiger partial charge in [-0.05, 0) is 25.2 Å². The first-order valence-electron chi connectivity index (χ1n) is 11.5. The molecular formula is C24H28O10. The van der Waals surface area contributed by atoms with Gasteiger partial charge in [-0.25, -0.2) is 0 Å². The number of rotatable bonds is 2. The maximum absolute atomic E-state index is 13.7. The minimum absolute atomic E-state index is 0.0359. The van der Waals surface area contributed by atoms with Crippen molar-refractivity contribution >= 4 is 17.5 Å². The Labute approximate surface area is 195 Å². The minimum atomic E-state index is -2.08. The van der Waals surface area contributed by atoms with Crippen molar-refractivity contribution in [3.8, 4) is 11.5 Å². The number of aliphatic hydroxyl groups excluding tert-OH is 2. The number of ketones is 2. The summed E-state index contributed by atoms with van der Waals surface area (Å²) in [6, 6.07) is 0. The summed E-state index contributed by atoms with van der Waals surface area (Å²) in [6.45, 7) is 3.24. The van der Waals surface area contributed by atoms with Gasteiger partial charge in [0.15, 0.2) is 11.6 Å². The van der Waals surface area contributed by atoms with E-state index in [1.807, 2.05) is 0 Å². The fourth-order valence-electron chi connectivity index (χ4n) is 6.75. The molecule has 2 aliphatic heterocycles. The van der Waals surface area contributed by atoms with Crippen LogP contribution in [0.1, 0.15) is 71.1 Å². The summed E-state index contributed by atoms with van der Waals surface area (Å²) >= 11 is 0. The van der Waals surface area contributed by atoms with Crippen LogP contribution in [0.15, 0.2) is 0 Å². The van der Waals surface area contributed by atoms with Crippen LogP contribution >= 0.6 is 0 Å². The molecule has 2 bridgehead atoms. The molecule has 10 nitrogen and oxygen atoms in total. The second-order valence-corrected chi connectivity index (χ2v) is 10.1. The smallest absolute Gasteiger partial charge is 0.305 e. The van der Waals surface area contributed by atoms with Crippen molar-refractivity contribution < 1.29 is 49.4 Å². The molecule has 6 unspecified atom stereocenters. The first-order chi connectivity index (χ1) is 15.9. The van der Waals surface area contributed by atoms with Crippen LogP contribution in [0.4, 0.5) is 0 Å². The van der Waals surface area contributed by atoms with Gasteiger partial charge in [0.1, 0.15) is 17.1 Å². The van der Waals surface area contributed by atoms with E-state index >= 15 is 0 Å². The van der Waals surface area contributed by atoms with Crippen molar-refractivity contribution in [1.29, 1.82) is 0 Å². The Morgan fingerprint density at radius 1 is 1.06 bits per heavy atom. The van der Waals surface area contributed by atoms with Crippen LogP contribution in [0.3, 0.4) is 0 Å². The number of carbonyl (C=O) groups is 3. The molecule has 9 atom stereocenters. The number of fused-ring (bicyclic) bond motifs is 4. The summed E-state index contributed by atoms with van der Waals surface area (Å²) in [5.41, 5.74) is -3.14. The number of benzene rings is 1. The van der Waals surface area contributed by atoms with Gasteiger partial charge in [0.2, 0.25) is 0 Å². The minimum Gasteiger partial charge on any atom is -0.507 e. The van der Waals surface area contributed by atoms with E-state index in [2.05, 4.69) is 0 Å². The van der Waals surface area contributed by atoms with Crippen LogP contribution < -0.4 is 0 Å². The fraction of sp³-hybridized carbons (Fsp3) is 0.625. The van der Waals surface area contributed by atoms with Crippen LogP contribution in [0.2, 0.25) is 0 Å². The zero-order chi connectivity index (χ0) is 24.9. The van der Waals surface area contributed by atoms with E-state index in [0.29, 0.717) is 0 Å². The summed E-state index contributed by atoms with van der Waals surface area (Å²) in [7, 11) is 1.22. The molecule has 10 heteroatoms. The third kappa shape index (κ3) is 2.73. The van der Waals surface area contributed by atoms with Crippen LogP contribution in [-0.2, 0) is 19.9 Å². The van der Waals surface area contributed by atoms with Crippen molar-refractivity contribution in [2.75, 3.05) is 7.11 Å². The lowest BCUT2D eigenvalue weighted by atomic mass is 9.57. The molecule has 2 heterocycles. The third-order valence-corrected chi connectivity index (χ3v) is 8.42. The number of aliphatic hydroxyl groups is 3. The number of phenolic OH excluding ortho intramolecular Hbond substituents is 2. The number of carbonyl (C=O) groups excluding carboxylic acids is 3. The Balaban J connectivity index is 1.69. The highest BCUT2D eigenvalue weighted by molar-refractivity contribution is 6.19. The highest BCUT2D eigenvalue weighted by Gasteiger charge is 2.61. The van der Waals surface area contributed by atoms with Crippen LogP contribution in [-0.4, -0.2) is 68.5 Å². The van der Waals surface area contributed by atoms with E-state index in [1.54, 1.807) is 6.92 Å². The SMILES string of the molecule is COC(=O)C[C@@H]1C[C@@H](C)C2C(=O)c3c(O)c4c(c(O)c3C(=O)C2[C@@H]1O)C1CC(O)C4(O)C(C)O1. The molecule has 1 saturated carbocycles. The summed E-state index contributed by atoms with van der Waals surface area (Å²) in [5, 5.41) is 55.3. The Kier molecular flexibility index (Phi) is 5.11. The fourth-order valence-corrected chi connectivity index (χ4v) is 6.75. The summed E-state index contributed by atoms with van der Waals surface area (Å²) in [5.74, 6) is -6.39. The first-order valence-corrected chi connectivity index (χ1v) is 11.5. The second kappa shape index (κ2) is 7.48. The molecule has 2 fully saturated rings. The predicted molar refractivity (Wildman–Crippen MR) is 113 cm³/mol. The number of Topliss-reactive ketones (excluding diaryl/α,β-unsaturated/α-hetero) is 2. The van der Waals surface area contributed by atoms with Crippen LogP contribution in [0.25, 0.3) is 0 Å². The summed E-state index contributed by atoms with van der Waals surface area (Å²) in [4.78, 5) is 39.2. The topological polar surface area (TPSA) is 171 Å². The maximum Gasteiger partial charge on any atom is 0.305 e. The van der Waals surface area contributed by atoms with Gasteiger partial charge in [-0.3, -0.25) is 14.4 Å². The van der Waals surface area contributed by atoms with Crippen molar-refractivity contribution in [3.63, 3.8) is 0 Å². The first kappa shape index (κ1) is 23.2. The summed E-state index contributed by atoms with van der Waals surface area (Å²) < 4.78 is 10.4. The molecule has 6 rings (SSSR count). The van der Waals surface area contributed by atoms with E-state index in [0.717, 1.165) is 0 Å². The molecule has 0 spiro atoms. The van der Waals surface area contributed by atoms with E-state index < -0.39 is 93.9 Å². The van der Waals surface area contributed by atoms with E-state index in [4.69, 9.17) is 9.47 Å². The standard InChI is InChI=1S/C24H28O10/c1-7-4-9(5-12(26)33-3)19(27)15-13(7)20(28)17-16(22(15)30)21(29)14-10-6-11(25)24(32,8(2)34-10)18(14)23(17)31/h7-11,13,15,19,25,27,29,31-32H,4-6H2,1-3H3/t7-,8?,9+,10?,11?,13?,15?,19-,24?/m1/s1. The van der Waals surface area contributed by atoms with Gasteiger partial charge in [0, 0.05) is 23.5 Å². The number of methoxy groups -OCH3 is 1. The highest BCUT2D eigenvalue weighted by Crippen LogP contribution is 2.60. The van der Waals surface area contributed by atoms with Gasteiger partial charge in [-0.15, -0.1) is 0 Å². The number of hydrogen-bond acceptors (Lipinski definition) is 10. The van der Waals surface area contributed by atoms with E-state index in [9.17, 15) is 39.9 Å². The molecule has 1 aromatic rings. The number of ether oxygens (including phenoxy) is 2. The zero-order valence-corrected chi connectivity index (χ0v) is 19.0. The molecule has 5 aliphatic rings. The normalized spacial score (nSPS) is 40.4. The molecule has 3 aliphatic carbocycles. The molecule has 1 aromatic carbocycles. The number of phenols is 2. The molecule has 0 amide bonds. The monoisotopic (exact) mass is 476 g/mol. The number of hydrogen-bond donors (Lipinski definition) is 5. The highest BCUT2D eigenvalue weighted by atomic mass is 16.5. The van der Waals surface area contributed by atoms with Crippen molar-refractivity contribution in [3.05, 3.63) is 22.3 Å². The Morgan fingerprint density at radius 2 is 1.68 bits per heavy atom. The molecule has 0 radical (unpaired) electrons. The largest absolute Gasteiger partial charge is 0.507 e. The lowest BCUT2D eigenvalue weighted by Gasteiger charge is -2.52. The van der Waals surface area contributed by atoms with Crippen molar-refractivity contribution in [2.24, 2.45) is 23.7 Å². The average molecular weight is 476 g/mol. The Hall–Kier alpha value is -2.53. The van der Waals surface area contributed by atoms with Crippen molar-refractivity contribution in [1.82, 2.24) is 0 Å². The third-order valence-electron chi connectivity index (χ3n) is 8.42. The van der Waals surface area contributed by atoms with Gasteiger partial charge in [-0.1, -0.05) is 6.92 Å². The molecular weight excluding hydrogens is 448 g/mol. The average Bonchev–Trinajstić information content (AvgIpc) is 2.77. The molecule has 0 aromatic heterocycles. The number of esters is 1. The van der Waals surface area contributed by atoms with Gasteiger partial charge in [0.05, 0.1) is 55.0 Å². The lowest BCUT2D eigenvalue weighted by molar-refractivity contribution is -0.246. The van der Waals surface area contributed by atoms with Gasteiger partial charge in [0.25, 0.3) is 0 Å². The quantitative estimate of drug-likeness (QED) is 0.302. The van der Waals surface area contributed by atoms with Crippen molar-refractivity contribution in [2.45, 2.75) is 63.1 Å². The Bertz CT molecular complexity index is 1100. The summed E-state index contributed by atoms with van der Waals surface area (Å²) in [6.07, 6.45) is -4.41. The molecule has 5 N–H and O–H groups in total. The maximum atomic E-state index is 13.7. The molecule has 1 saturated heterocycles. The number of aromatic hydroxyl groups is 2. The lowest BCUT2D eigenvalue weighted by Crippen LogP contribution is -2.58. The van der Waals surface area contributed by atoms with E-state index in [-0.39, 0.29) is 30.4 Å².